The SMILES string of the molecule is O=C(O)CC1(CCc2cc(Cl)c(Br)s2)CCCCC1. The lowest BCUT2D eigenvalue weighted by Gasteiger charge is -2.36. The molecule has 0 bridgehead atoms. The van der Waals surface area contributed by atoms with Gasteiger partial charge in [0.15, 0.2) is 0 Å². The molecule has 0 radical (unpaired) electrons. The summed E-state index contributed by atoms with van der Waals surface area (Å²) in [7, 11) is 0. The van der Waals surface area contributed by atoms with Gasteiger partial charge in [-0.05, 0) is 53.1 Å². The second-order valence-corrected chi connectivity index (χ2v) is 8.33. The Labute approximate surface area is 131 Å². The number of carboxylic acids is 1. The first kappa shape index (κ1) is 15.3. The van der Waals surface area contributed by atoms with Gasteiger partial charge in [-0.25, -0.2) is 0 Å². The predicted molar refractivity (Wildman–Crippen MR) is 83.1 cm³/mol. The van der Waals surface area contributed by atoms with Gasteiger partial charge in [-0.1, -0.05) is 30.9 Å². The van der Waals surface area contributed by atoms with Crippen molar-refractivity contribution in [3.05, 3.63) is 19.8 Å². The van der Waals surface area contributed by atoms with Crippen molar-refractivity contribution >= 4 is 44.8 Å². The van der Waals surface area contributed by atoms with E-state index in [-0.39, 0.29) is 5.41 Å². The maximum absolute atomic E-state index is 11.1. The predicted octanol–water partition coefficient (Wildman–Crippen LogP) is 5.52. The highest BCUT2D eigenvalue weighted by Gasteiger charge is 2.34. The van der Waals surface area contributed by atoms with Gasteiger partial charge in [-0.3, -0.25) is 4.79 Å². The molecule has 5 heteroatoms. The van der Waals surface area contributed by atoms with Gasteiger partial charge < -0.3 is 5.11 Å². The number of aryl methyl sites for hydroxylation is 1. The van der Waals surface area contributed by atoms with Gasteiger partial charge in [0.1, 0.15) is 0 Å². The highest BCUT2D eigenvalue weighted by Crippen LogP contribution is 2.44. The Morgan fingerprint density at radius 1 is 1.42 bits per heavy atom. The standard InChI is InChI=1S/C14H18BrClO2S/c15-13-11(16)8-10(19-13)4-7-14(9-12(17)18)5-2-1-3-6-14/h8H,1-7,9H2,(H,17,18). The Morgan fingerprint density at radius 2 is 2.11 bits per heavy atom. The van der Waals surface area contributed by atoms with Gasteiger partial charge in [0.25, 0.3) is 0 Å². The van der Waals surface area contributed by atoms with E-state index in [4.69, 9.17) is 16.7 Å². The van der Waals surface area contributed by atoms with Crippen LogP contribution in [0.25, 0.3) is 0 Å². The molecule has 2 nitrogen and oxygen atoms in total. The molecule has 0 aromatic carbocycles. The van der Waals surface area contributed by atoms with E-state index in [0.717, 1.165) is 34.5 Å². The lowest BCUT2D eigenvalue weighted by molar-refractivity contribution is -0.140. The molecule has 1 aliphatic carbocycles. The van der Waals surface area contributed by atoms with Crippen LogP contribution in [0.4, 0.5) is 0 Å². The van der Waals surface area contributed by atoms with Gasteiger partial charge in [0, 0.05) is 4.88 Å². The maximum atomic E-state index is 11.1. The molecule has 0 saturated heterocycles. The van der Waals surface area contributed by atoms with Crippen molar-refractivity contribution in [2.24, 2.45) is 5.41 Å². The van der Waals surface area contributed by atoms with Crippen LogP contribution in [-0.2, 0) is 11.2 Å². The molecule has 19 heavy (non-hydrogen) atoms. The molecule has 0 aliphatic heterocycles. The van der Waals surface area contributed by atoms with E-state index in [1.54, 1.807) is 11.3 Å². The molecule has 1 saturated carbocycles. The van der Waals surface area contributed by atoms with E-state index in [9.17, 15) is 4.79 Å². The number of hydrogen-bond acceptors (Lipinski definition) is 2. The molecule has 0 atom stereocenters. The lowest BCUT2D eigenvalue weighted by atomic mass is 9.69. The zero-order valence-corrected chi connectivity index (χ0v) is 13.9. The monoisotopic (exact) mass is 364 g/mol. The summed E-state index contributed by atoms with van der Waals surface area (Å²) >= 11 is 11.1. The van der Waals surface area contributed by atoms with E-state index in [0.29, 0.717) is 6.42 Å². The number of rotatable bonds is 5. The number of carbonyl (C=O) groups is 1. The van der Waals surface area contributed by atoms with Crippen molar-refractivity contribution in [1.29, 1.82) is 0 Å². The maximum Gasteiger partial charge on any atom is 0.303 e. The van der Waals surface area contributed by atoms with Crippen LogP contribution in [-0.4, -0.2) is 11.1 Å². The second kappa shape index (κ2) is 6.59. The van der Waals surface area contributed by atoms with Crippen molar-refractivity contribution in [3.63, 3.8) is 0 Å². The summed E-state index contributed by atoms with van der Waals surface area (Å²) in [6.45, 7) is 0. The number of thiophene rings is 1. The minimum atomic E-state index is -0.660. The van der Waals surface area contributed by atoms with E-state index >= 15 is 0 Å². The Balaban J connectivity index is 2.01. The van der Waals surface area contributed by atoms with Crippen LogP contribution in [0.5, 0.6) is 0 Å². The van der Waals surface area contributed by atoms with Crippen LogP contribution in [0.3, 0.4) is 0 Å². The van der Waals surface area contributed by atoms with Crippen molar-refractivity contribution in [2.45, 2.75) is 51.4 Å². The van der Waals surface area contributed by atoms with Crippen LogP contribution in [0, 0.1) is 5.41 Å². The van der Waals surface area contributed by atoms with Gasteiger partial charge in [-0.2, -0.15) is 0 Å². The fourth-order valence-corrected chi connectivity index (χ4v) is 4.86. The zero-order valence-electron chi connectivity index (χ0n) is 10.8. The molecular weight excluding hydrogens is 348 g/mol. The Bertz CT molecular complexity index is 433. The van der Waals surface area contributed by atoms with Crippen LogP contribution in [0.15, 0.2) is 9.85 Å². The first-order valence-corrected chi connectivity index (χ1v) is 8.65. The Kier molecular flexibility index (Phi) is 5.32. The summed E-state index contributed by atoms with van der Waals surface area (Å²) in [5, 5.41) is 9.91. The van der Waals surface area contributed by atoms with E-state index in [2.05, 4.69) is 15.9 Å². The van der Waals surface area contributed by atoms with Crippen LogP contribution in [0.1, 0.15) is 49.8 Å². The van der Waals surface area contributed by atoms with Crippen LogP contribution < -0.4 is 0 Å². The molecule has 1 heterocycles. The second-order valence-electron chi connectivity index (χ2n) is 5.47. The van der Waals surface area contributed by atoms with Gasteiger partial charge >= 0.3 is 5.97 Å². The Morgan fingerprint density at radius 3 is 2.63 bits per heavy atom. The number of carboxylic acid groups (broad SMARTS) is 1. The van der Waals surface area contributed by atoms with Gasteiger partial charge in [0.2, 0.25) is 0 Å². The average molecular weight is 366 g/mol. The lowest BCUT2D eigenvalue weighted by Crippen LogP contribution is -2.28. The summed E-state index contributed by atoms with van der Waals surface area (Å²) in [5.41, 5.74) is 0.00697. The Hall–Kier alpha value is -0.0600. The zero-order chi connectivity index (χ0) is 13.9. The summed E-state index contributed by atoms with van der Waals surface area (Å²) in [6.07, 6.45) is 7.90. The summed E-state index contributed by atoms with van der Waals surface area (Å²) in [4.78, 5) is 12.4. The summed E-state index contributed by atoms with van der Waals surface area (Å²) in [5.74, 6) is -0.660. The van der Waals surface area contributed by atoms with Crippen LogP contribution in [0.2, 0.25) is 5.02 Å². The topological polar surface area (TPSA) is 37.3 Å². The molecule has 0 amide bonds. The molecule has 0 spiro atoms. The van der Waals surface area contributed by atoms with Crippen molar-refractivity contribution < 1.29 is 9.90 Å². The largest absolute Gasteiger partial charge is 0.481 e. The molecule has 1 aromatic rings. The molecule has 1 fully saturated rings. The van der Waals surface area contributed by atoms with Crippen molar-refractivity contribution in [1.82, 2.24) is 0 Å². The number of halogens is 2. The minimum absolute atomic E-state index is 0.00697. The number of aliphatic carboxylic acids is 1. The third-order valence-electron chi connectivity index (χ3n) is 4.04. The highest BCUT2D eigenvalue weighted by molar-refractivity contribution is 9.11. The van der Waals surface area contributed by atoms with Crippen molar-refractivity contribution in [2.75, 3.05) is 0 Å². The quantitative estimate of drug-likeness (QED) is 0.745. The van der Waals surface area contributed by atoms with E-state index in [1.165, 1.54) is 24.1 Å². The summed E-state index contributed by atoms with van der Waals surface area (Å²) in [6, 6.07) is 1.99. The summed E-state index contributed by atoms with van der Waals surface area (Å²) < 4.78 is 0.972. The molecule has 1 aliphatic rings. The first-order chi connectivity index (χ1) is 9.01. The van der Waals surface area contributed by atoms with E-state index < -0.39 is 5.97 Å². The first-order valence-electron chi connectivity index (χ1n) is 6.66. The molecular formula is C14H18BrClO2S. The fraction of sp³-hybridized carbons (Fsp3) is 0.643. The van der Waals surface area contributed by atoms with Gasteiger partial charge in [-0.15, -0.1) is 11.3 Å². The van der Waals surface area contributed by atoms with E-state index in [1.807, 2.05) is 6.07 Å². The molecule has 1 N–H and O–H groups in total. The third kappa shape index (κ3) is 4.20. The third-order valence-corrected chi connectivity index (χ3v) is 6.57. The minimum Gasteiger partial charge on any atom is -0.481 e. The molecule has 0 unspecified atom stereocenters. The highest BCUT2D eigenvalue weighted by atomic mass is 79.9. The normalized spacial score (nSPS) is 18.4. The average Bonchev–Trinajstić information content (AvgIpc) is 2.67. The van der Waals surface area contributed by atoms with Crippen molar-refractivity contribution in [3.8, 4) is 0 Å². The van der Waals surface area contributed by atoms with Crippen LogP contribution >= 0.6 is 38.9 Å². The fourth-order valence-electron chi connectivity index (χ4n) is 3.04. The molecule has 106 valence electrons. The number of hydrogen-bond donors (Lipinski definition) is 1. The molecule has 1 aromatic heterocycles. The molecule has 2 rings (SSSR count). The smallest absolute Gasteiger partial charge is 0.303 e. The van der Waals surface area contributed by atoms with Gasteiger partial charge in [0.05, 0.1) is 15.2 Å².